The molecule has 8 nitrogen and oxygen atoms in total. The first-order valence-corrected chi connectivity index (χ1v) is 5.77. The Labute approximate surface area is 107 Å². The van der Waals surface area contributed by atoms with Gasteiger partial charge in [0.15, 0.2) is 11.5 Å². The van der Waals surface area contributed by atoms with Gasteiger partial charge in [0.05, 0.1) is 11.1 Å². The summed E-state index contributed by atoms with van der Waals surface area (Å²) in [5.41, 5.74) is 8.37. The average molecular weight is 254 g/mol. The number of hydrazine groups is 2. The molecule has 2 N–H and O–H groups in total. The van der Waals surface area contributed by atoms with Crippen molar-refractivity contribution in [3.8, 4) is 0 Å². The topological polar surface area (TPSA) is 82.7 Å². The molecule has 1 aliphatic rings. The van der Waals surface area contributed by atoms with Gasteiger partial charge in [-0.15, -0.1) is 15.3 Å². The molecule has 1 aliphatic heterocycles. The number of amidine groups is 1. The van der Waals surface area contributed by atoms with Gasteiger partial charge in [-0.3, -0.25) is 5.43 Å². The van der Waals surface area contributed by atoms with Gasteiger partial charge < -0.3 is 0 Å². The fourth-order valence-electron chi connectivity index (χ4n) is 2.17. The monoisotopic (exact) mass is 254 g/mol. The standard InChI is InChI=1S/C11H10N8/c1-18-14-10(12-16-18)8-6-7-4-2-3-5-9(7)19-11(8)13-15-17-19/h2-6,16H,1H3,(H,12,14). The highest BCUT2D eigenvalue weighted by molar-refractivity contribution is 6.06. The third-order valence-electron chi connectivity index (χ3n) is 3.02. The Morgan fingerprint density at radius 1 is 1.21 bits per heavy atom. The van der Waals surface area contributed by atoms with Crippen LogP contribution in [0.5, 0.6) is 0 Å². The van der Waals surface area contributed by atoms with E-state index in [1.54, 1.807) is 9.63 Å². The number of fused-ring (bicyclic) bond motifs is 3. The molecule has 0 aliphatic carbocycles. The van der Waals surface area contributed by atoms with Crippen LogP contribution >= 0.6 is 0 Å². The molecule has 0 saturated carbocycles. The van der Waals surface area contributed by atoms with Gasteiger partial charge in [0.25, 0.3) is 0 Å². The molecule has 1 aromatic carbocycles. The molecule has 0 fully saturated rings. The third kappa shape index (κ3) is 1.43. The minimum Gasteiger partial charge on any atom is -0.282 e. The fraction of sp³-hybridized carbons (Fsp3) is 0.0909. The molecule has 94 valence electrons. The quantitative estimate of drug-likeness (QED) is 0.630. The number of pyridine rings is 1. The lowest BCUT2D eigenvalue weighted by Crippen LogP contribution is -2.37. The molecule has 19 heavy (non-hydrogen) atoms. The number of para-hydroxylation sites is 1. The Kier molecular flexibility index (Phi) is 1.95. The van der Waals surface area contributed by atoms with Crippen molar-refractivity contribution in [1.82, 2.24) is 36.1 Å². The third-order valence-corrected chi connectivity index (χ3v) is 3.02. The van der Waals surface area contributed by atoms with Crippen LogP contribution < -0.4 is 11.0 Å². The second kappa shape index (κ2) is 3.62. The van der Waals surface area contributed by atoms with Gasteiger partial charge in [0, 0.05) is 12.4 Å². The van der Waals surface area contributed by atoms with Gasteiger partial charge in [0.1, 0.15) is 0 Å². The number of nitrogens with one attached hydrogen (secondary N) is 2. The van der Waals surface area contributed by atoms with Crippen molar-refractivity contribution in [3.05, 3.63) is 35.9 Å². The Balaban J connectivity index is 2.05. The molecule has 8 heteroatoms. The number of aromatic nitrogens is 4. The Morgan fingerprint density at radius 3 is 2.95 bits per heavy atom. The highest BCUT2D eigenvalue weighted by Gasteiger charge is 2.18. The molecule has 0 saturated heterocycles. The van der Waals surface area contributed by atoms with E-state index in [4.69, 9.17) is 0 Å². The van der Waals surface area contributed by atoms with E-state index in [0.717, 1.165) is 16.5 Å². The van der Waals surface area contributed by atoms with Crippen molar-refractivity contribution in [2.24, 2.45) is 5.10 Å². The molecule has 2 aromatic heterocycles. The summed E-state index contributed by atoms with van der Waals surface area (Å²) in [7, 11) is 1.83. The molecule has 0 spiro atoms. The molecule has 0 atom stereocenters. The predicted octanol–water partition coefficient (Wildman–Crippen LogP) is -0.106. The lowest BCUT2D eigenvalue weighted by atomic mass is 10.1. The number of hydrogen-bond acceptors (Lipinski definition) is 7. The summed E-state index contributed by atoms with van der Waals surface area (Å²) in [5.74, 6) is 0.688. The van der Waals surface area contributed by atoms with E-state index in [0.29, 0.717) is 11.5 Å². The van der Waals surface area contributed by atoms with Crippen LogP contribution in [0.3, 0.4) is 0 Å². The summed E-state index contributed by atoms with van der Waals surface area (Å²) in [5, 5.41) is 18.8. The SMILES string of the molecule is CN1NN=C(c2cc3ccccc3n3nnnc23)N1. The molecule has 3 heterocycles. The van der Waals surface area contributed by atoms with E-state index in [1.165, 1.54) is 0 Å². The van der Waals surface area contributed by atoms with E-state index in [2.05, 4.69) is 31.6 Å². The zero-order valence-electron chi connectivity index (χ0n) is 10.1. The van der Waals surface area contributed by atoms with E-state index in [1.807, 2.05) is 37.4 Å². The Bertz CT molecular complexity index is 805. The summed E-state index contributed by atoms with van der Waals surface area (Å²) in [6.45, 7) is 0. The Morgan fingerprint density at radius 2 is 2.11 bits per heavy atom. The maximum atomic E-state index is 4.20. The first kappa shape index (κ1) is 10.2. The zero-order valence-corrected chi connectivity index (χ0v) is 10.1. The molecule has 0 amide bonds. The first-order chi connectivity index (χ1) is 9.33. The van der Waals surface area contributed by atoms with Gasteiger partial charge in [-0.25, -0.2) is 5.53 Å². The molecule has 0 unspecified atom stereocenters. The van der Waals surface area contributed by atoms with Gasteiger partial charge in [-0.1, -0.05) is 18.2 Å². The van der Waals surface area contributed by atoms with Crippen LogP contribution in [0.1, 0.15) is 5.56 Å². The summed E-state index contributed by atoms with van der Waals surface area (Å²) >= 11 is 0. The zero-order chi connectivity index (χ0) is 12.8. The van der Waals surface area contributed by atoms with Crippen LogP contribution in [-0.4, -0.2) is 38.0 Å². The van der Waals surface area contributed by atoms with Gasteiger partial charge in [-0.2, -0.15) is 4.52 Å². The van der Waals surface area contributed by atoms with Crippen LogP contribution in [0.2, 0.25) is 0 Å². The van der Waals surface area contributed by atoms with Crippen LogP contribution in [0, 0.1) is 0 Å². The minimum atomic E-state index is 0.669. The fourth-order valence-corrected chi connectivity index (χ4v) is 2.17. The van der Waals surface area contributed by atoms with Crippen molar-refractivity contribution >= 4 is 22.4 Å². The normalized spacial score (nSPS) is 15.5. The van der Waals surface area contributed by atoms with Crippen LogP contribution in [-0.2, 0) is 0 Å². The smallest absolute Gasteiger partial charge is 0.190 e. The predicted molar refractivity (Wildman–Crippen MR) is 68.9 cm³/mol. The van der Waals surface area contributed by atoms with Crippen molar-refractivity contribution in [2.75, 3.05) is 7.05 Å². The van der Waals surface area contributed by atoms with Crippen molar-refractivity contribution in [2.45, 2.75) is 0 Å². The number of rotatable bonds is 1. The number of hydrazone groups is 1. The van der Waals surface area contributed by atoms with Gasteiger partial charge in [0.2, 0.25) is 0 Å². The van der Waals surface area contributed by atoms with Crippen molar-refractivity contribution in [3.63, 3.8) is 0 Å². The largest absolute Gasteiger partial charge is 0.282 e. The molecule has 0 bridgehead atoms. The van der Waals surface area contributed by atoms with Crippen LogP contribution in [0.15, 0.2) is 35.4 Å². The number of tetrazole rings is 1. The molecule has 3 aromatic rings. The minimum absolute atomic E-state index is 0.669. The highest BCUT2D eigenvalue weighted by Crippen LogP contribution is 2.19. The maximum absolute atomic E-state index is 4.20. The summed E-state index contributed by atoms with van der Waals surface area (Å²) in [6.07, 6.45) is 0. The lowest BCUT2D eigenvalue weighted by molar-refractivity contribution is 0.232. The second-order valence-corrected chi connectivity index (χ2v) is 4.26. The van der Waals surface area contributed by atoms with Crippen molar-refractivity contribution < 1.29 is 0 Å². The average Bonchev–Trinajstić information content (AvgIpc) is 3.06. The van der Waals surface area contributed by atoms with E-state index >= 15 is 0 Å². The maximum Gasteiger partial charge on any atom is 0.190 e. The molecule has 0 radical (unpaired) electrons. The number of hydrogen-bond donors (Lipinski definition) is 2. The molecular weight excluding hydrogens is 244 g/mol. The van der Waals surface area contributed by atoms with E-state index in [9.17, 15) is 0 Å². The van der Waals surface area contributed by atoms with Crippen molar-refractivity contribution in [1.29, 1.82) is 0 Å². The van der Waals surface area contributed by atoms with Gasteiger partial charge in [-0.05, 0) is 22.6 Å². The first-order valence-electron chi connectivity index (χ1n) is 5.77. The second-order valence-electron chi connectivity index (χ2n) is 4.26. The van der Waals surface area contributed by atoms with E-state index < -0.39 is 0 Å². The summed E-state index contributed by atoms with van der Waals surface area (Å²) < 4.78 is 1.72. The van der Waals surface area contributed by atoms with Crippen LogP contribution in [0.25, 0.3) is 16.6 Å². The molecular formula is C11H10N8. The number of nitrogens with zero attached hydrogens (tertiary/aromatic N) is 6. The molecule has 4 rings (SSSR count). The van der Waals surface area contributed by atoms with Gasteiger partial charge >= 0.3 is 0 Å². The lowest BCUT2D eigenvalue weighted by Gasteiger charge is -2.09. The highest BCUT2D eigenvalue weighted by atomic mass is 15.9. The number of benzene rings is 1. The Hall–Kier alpha value is -2.74. The van der Waals surface area contributed by atoms with Crippen LogP contribution in [0.4, 0.5) is 0 Å². The summed E-state index contributed by atoms with van der Waals surface area (Å²) in [6, 6.07) is 9.97. The van der Waals surface area contributed by atoms with E-state index in [-0.39, 0.29) is 0 Å². The summed E-state index contributed by atoms with van der Waals surface area (Å²) in [4.78, 5) is 0.